The van der Waals surface area contributed by atoms with Gasteiger partial charge in [0.05, 0.1) is 5.02 Å². The van der Waals surface area contributed by atoms with E-state index in [4.69, 9.17) is 11.6 Å². The average molecular weight is 406 g/mol. The smallest absolute Gasteiger partial charge is 0.315 e. The van der Waals surface area contributed by atoms with E-state index < -0.39 is 23.9 Å². The number of rotatable bonds is 4. The lowest BCUT2D eigenvalue weighted by molar-refractivity contribution is -0.122. The van der Waals surface area contributed by atoms with Crippen LogP contribution >= 0.6 is 22.9 Å². The first-order valence-corrected chi connectivity index (χ1v) is 9.22. The van der Waals surface area contributed by atoms with Crippen molar-refractivity contribution < 1.29 is 14.0 Å². The Hall–Kier alpha value is -2.78. The Bertz CT molecular complexity index is 1010. The first-order valence-electron chi connectivity index (χ1n) is 8.02. The summed E-state index contributed by atoms with van der Waals surface area (Å²) in [6, 6.07) is 6.05. The van der Waals surface area contributed by atoms with Crippen LogP contribution in [0.2, 0.25) is 5.02 Å². The molecule has 0 radical (unpaired) electrons. The largest absolute Gasteiger partial charge is 0.341 e. The molecule has 2 atom stereocenters. The molecule has 1 aliphatic heterocycles. The van der Waals surface area contributed by atoms with E-state index in [9.17, 15) is 14.0 Å². The van der Waals surface area contributed by atoms with Crippen LogP contribution in [0.3, 0.4) is 0 Å². The number of benzene rings is 1. The average Bonchev–Trinajstić information content (AvgIpc) is 3.28. The number of amides is 3. The second kappa shape index (κ2) is 7.09. The van der Waals surface area contributed by atoms with E-state index in [-0.39, 0.29) is 17.5 Å². The summed E-state index contributed by atoms with van der Waals surface area (Å²) >= 11 is 7.24. The van der Waals surface area contributed by atoms with E-state index in [0.29, 0.717) is 16.1 Å². The lowest BCUT2D eigenvalue weighted by Gasteiger charge is -2.19. The standard InChI is InChI=1S/C17H13ClFN5O2S/c18-9-6-8(3-4-10(9)19)13(24-14(25)12-7-21-17(26)23-12)16-22-11-2-1-5-20-15(11)27-16/h1-6,12-13H,7H2,(H,24,25)(H2,21,23,26)/t12-,13?/m0/s1. The fraction of sp³-hybridized carbons (Fsp3) is 0.176. The Balaban J connectivity index is 1.71. The maximum absolute atomic E-state index is 13.6. The van der Waals surface area contributed by atoms with Crippen LogP contribution in [0.4, 0.5) is 9.18 Å². The molecule has 1 unspecified atom stereocenters. The Morgan fingerprint density at radius 1 is 1.41 bits per heavy atom. The fourth-order valence-corrected chi connectivity index (χ4v) is 3.92. The minimum atomic E-state index is -0.705. The number of carbonyl (C=O) groups is 2. The number of urea groups is 1. The molecule has 0 saturated carbocycles. The molecule has 0 spiro atoms. The van der Waals surface area contributed by atoms with E-state index in [2.05, 4.69) is 25.9 Å². The van der Waals surface area contributed by atoms with Crippen LogP contribution < -0.4 is 16.0 Å². The van der Waals surface area contributed by atoms with Gasteiger partial charge in [-0.05, 0) is 29.8 Å². The third-order valence-electron chi connectivity index (χ3n) is 4.08. The van der Waals surface area contributed by atoms with Crippen molar-refractivity contribution in [3.63, 3.8) is 0 Å². The van der Waals surface area contributed by atoms with Crippen molar-refractivity contribution in [1.29, 1.82) is 0 Å². The van der Waals surface area contributed by atoms with Gasteiger partial charge >= 0.3 is 6.03 Å². The number of hydrogen-bond donors (Lipinski definition) is 3. The van der Waals surface area contributed by atoms with Gasteiger partial charge in [-0.25, -0.2) is 19.2 Å². The SMILES string of the molecule is O=C1NC[C@@H](C(=O)NC(c2ccc(F)c(Cl)c2)c2nc3cccnc3s2)N1. The number of nitrogens with one attached hydrogen (secondary N) is 3. The minimum Gasteiger partial charge on any atom is -0.341 e. The number of hydrogen-bond acceptors (Lipinski definition) is 5. The van der Waals surface area contributed by atoms with Gasteiger partial charge in [0.25, 0.3) is 0 Å². The predicted octanol–water partition coefficient (Wildman–Crippen LogP) is 2.37. The number of halogens is 2. The Morgan fingerprint density at radius 3 is 2.96 bits per heavy atom. The number of aromatic nitrogens is 2. The molecular formula is C17H13ClFN5O2S. The van der Waals surface area contributed by atoms with Crippen LogP contribution in [0.1, 0.15) is 16.6 Å². The van der Waals surface area contributed by atoms with Crippen molar-refractivity contribution in [1.82, 2.24) is 25.9 Å². The van der Waals surface area contributed by atoms with Crippen LogP contribution in [-0.4, -0.2) is 34.5 Å². The zero-order valence-corrected chi connectivity index (χ0v) is 15.3. The van der Waals surface area contributed by atoms with Crippen molar-refractivity contribution >= 4 is 45.2 Å². The van der Waals surface area contributed by atoms with Gasteiger partial charge in [0.15, 0.2) is 0 Å². The fourth-order valence-electron chi connectivity index (χ4n) is 2.75. The number of carbonyl (C=O) groups excluding carboxylic acids is 2. The molecule has 1 aromatic carbocycles. The zero-order chi connectivity index (χ0) is 19.0. The first kappa shape index (κ1) is 17.6. The Morgan fingerprint density at radius 2 is 2.26 bits per heavy atom. The molecule has 4 rings (SSSR count). The van der Waals surface area contributed by atoms with Gasteiger partial charge < -0.3 is 16.0 Å². The van der Waals surface area contributed by atoms with Crippen LogP contribution in [0.15, 0.2) is 36.5 Å². The highest BCUT2D eigenvalue weighted by Crippen LogP contribution is 2.31. The van der Waals surface area contributed by atoms with Gasteiger partial charge in [0, 0.05) is 12.7 Å². The topological polar surface area (TPSA) is 96.0 Å². The first-order chi connectivity index (χ1) is 13.0. The molecule has 3 heterocycles. The number of nitrogens with zero attached hydrogens (tertiary/aromatic N) is 2. The second-order valence-electron chi connectivity index (χ2n) is 5.90. The summed E-state index contributed by atoms with van der Waals surface area (Å²) in [4.78, 5) is 33.4. The van der Waals surface area contributed by atoms with E-state index in [1.165, 1.54) is 29.5 Å². The lowest BCUT2D eigenvalue weighted by Crippen LogP contribution is -2.44. The van der Waals surface area contributed by atoms with Crippen LogP contribution in [0.25, 0.3) is 10.3 Å². The monoisotopic (exact) mass is 405 g/mol. The molecule has 2 aromatic heterocycles. The van der Waals surface area contributed by atoms with E-state index in [0.717, 1.165) is 4.83 Å². The van der Waals surface area contributed by atoms with E-state index in [1.54, 1.807) is 12.3 Å². The number of fused-ring (bicyclic) bond motifs is 1. The van der Waals surface area contributed by atoms with Crippen molar-refractivity contribution in [3.8, 4) is 0 Å². The molecule has 3 N–H and O–H groups in total. The maximum atomic E-state index is 13.6. The molecule has 0 bridgehead atoms. The Kier molecular flexibility index (Phi) is 4.63. The summed E-state index contributed by atoms with van der Waals surface area (Å²) < 4.78 is 13.6. The van der Waals surface area contributed by atoms with Crippen molar-refractivity contribution in [3.05, 3.63) is 57.9 Å². The van der Waals surface area contributed by atoms with Crippen molar-refractivity contribution in [2.24, 2.45) is 0 Å². The molecule has 1 fully saturated rings. The third kappa shape index (κ3) is 3.56. The summed E-state index contributed by atoms with van der Waals surface area (Å²) in [5.74, 6) is -0.935. The van der Waals surface area contributed by atoms with Gasteiger partial charge in [0.1, 0.15) is 33.3 Å². The Labute approximate surface area is 162 Å². The van der Waals surface area contributed by atoms with Gasteiger partial charge in [-0.2, -0.15) is 0 Å². The predicted molar refractivity (Wildman–Crippen MR) is 99.1 cm³/mol. The molecule has 138 valence electrons. The highest BCUT2D eigenvalue weighted by molar-refractivity contribution is 7.18. The van der Waals surface area contributed by atoms with Gasteiger partial charge in [0.2, 0.25) is 5.91 Å². The molecule has 3 aromatic rings. The molecule has 27 heavy (non-hydrogen) atoms. The summed E-state index contributed by atoms with van der Waals surface area (Å²) in [7, 11) is 0. The highest BCUT2D eigenvalue weighted by atomic mass is 35.5. The minimum absolute atomic E-state index is 0.0539. The molecular weight excluding hydrogens is 393 g/mol. The van der Waals surface area contributed by atoms with E-state index in [1.807, 2.05) is 6.07 Å². The van der Waals surface area contributed by atoms with Crippen molar-refractivity contribution in [2.45, 2.75) is 12.1 Å². The highest BCUT2D eigenvalue weighted by Gasteiger charge is 2.30. The van der Waals surface area contributed by atoms with Gasteiger partial charge in [-0.15, -0.1) is 0 Å². The number of pyridine rings is 1. The molecule has 1 aliphatic rings. The van der Waals surface area contributed by atoms with Crippen LogP contribution in [-0.2, 0) is 4.79 Å². The summed E-state index contributed by atoms with van der Waals surface area (Å²) in [5.41, 5.74) is 1.27. The lowest BCUT2D eigenvalue weighted by atomic mass is 10.1. The number of thiazole rings is 1. The molecule has 1 saturated heterocycles. The maximum Gasteiger partial charge on any atom is 0.315 e. The normalized spacial score (nSPS) is 17.4. The van der Waals surface area contributed by atoms with Crippen LogP contribution in [0, 0.1) is 5.82 Å². The molecule has 10 heteroatoms. The summed E-state index contributed by atoms with van der Waals surface area (Å²) in [6.07, 6.45) is 1.66. The van der Waals surface area contributed by atoms with Gasteiger partial charge in [-0.3, -0.25) is 4.79 Å². The molecule has 7 nitrogen and oxygen atoms in total. The second-order valence-corrected chi connectivity index (χ2v) is 7.32. The summed E-state index contributed by atoms with van der Waals surface area (Å²) in [6.45, 7) is 0.183. The molecule has 3 amide bonds. The van der Waals surface area contributed by atoms with Crippen LogP contribution in [0.5, 0.6) is 0 Å². The summed E-state index contributed by atoms with van der Waals surface area (Å²) in [5, 5.41) is 8.46. The van der Waals surface area contributed by atoms with E-state index >= 15 is 0 Å². The van der Waals surface area contributed by atoms with Gasteiger partial charge in [-0.1, -0.05) is 29.0 Å². The van der Waals surface area contributed by atoms with Crippen molar-refractivity contribution in [2.75, 3.05) is 6.54 Å². The quantitative estimate of drug-likeness (QED) is 0.621. The third-order valence-corrected chi connectivity index (χ3v) is 5.42. The molecule has 0 aliphatic carbocycles. The zero-order valence-electron chi connectivity index (χ0n) is 13.7.